The molecule has 0 radical (unpaired) electrons. The number of hydrogen-bond acceptors (Lipinski definition) is 5. The summed E-state index contributed by atoms with van der Waals surface area (Å²) in [6, 6.07) is -0.539. The number of hydrogen-bond donors (Lipinski definition) is 3. The number of aliphatic hydroxyl groups excluding tert-OH is 2. The van der Waals surface area contributed by atoms with Gasteiger partial charge in [-0.15, -0.1) is 0 Å². The molecule has 0 rings (SSSR count). The minimum atomic E-state index is -0.663. The number of unbranched alkanes of at least 4 members (excludes halogenated alkanes) is 57. The first-order valence-electron chi connectivity index (χ1n) is 39.2. The van der Waals surface area contributed by atoms with Crippen molar-refractivity contribution in [2.45, 2.75) is 450 Å². The molecule has 0 bridgehead atoms. The highest BCUT2D eigenvalue weighted by atomic mass is 16.5. The van der Waals surface area contributed by atoms with Crippen LogP contribution in [0.5, 0.6) is 0 Å². The van der Waals surface area contributed by atoms with Crippen LogP contribution in [0.1, 0.15) is 438 Å². The van der Waals surface area contributed by atoms with Gasteiger partial charge in [-0.25, -0.2) is 0 Å². The lowest BCUT2D eigenvalue weighted by Gasteiger charge is -2.22. The van der Waals surface area contributed by atoms with E-state index in [0.29, 0.717) is 25.9 Å². The smallest absolute Gasteiger partial charge is 0.305 e. The Morgan fingerprint density at radius 1 is 0.326 bits per heavy atom. The highest BCUT2D eigenvalue weighted by Gasteiger charge is 2.20. The summed E-state index contributed by atoms with van der Waals surface area (Å²) in [6.45, 7) is 4.96. The summed E-state index contributed by atoms with van der Waals surface area (Å²) in [6.07, 6.45) is 98.0. The average molecular weight is 1210 g/mol. The number of carbonyl (C=O) groups excluding carboxylic acids is 2. The van der Waals surface area contributed by atoms with Gasteiger partial charge in [-0.05, 0) is 83.5 Å². The lowest BCUT2D eigenvalue weighted by molar-refractivity contribution is -0.143. The van der Waals surface area contributed by atoms with Gasteiger partial charge in [0, 0.05) is 12.8 Å². The third-order valence-electron chi connectivity index (χ3n) is 18.4. The Bertz CT molecular complexity index is 1390. The molecule has 0 aromatic heterocycles. The SMILES string of the molecule is CCCCC/C=C\C/C=C\CCCCCCCC(=O)OCCCCCCCCCCCCCCCC/C=C\CCCCCCCCCCCCCCCCCCCC(=O)NC(CO)C(O)CCCCCCCCCCCCCCCCCCCCC. The molecule has 0 spiro atoms. The quantitative estimate of drug-likeness (QED) is 0.0320. The Balaban J connectivity index is 3.34. The van der Waals surface area contributed by atoms with Crippen molar-refractivity contribution in [3.8, 4) is 0 Å². The third kappa shape index (κ3) is 71.2. The second-order valence-electron chi connectivity index (χ2n) is 27.0. The second kappa shape index (κ2) is 75.5. The van der Waals surface area contributed by atoms with Crippen LogP contribution in [0, 0.1) is 0 Å². The zero-order valence-corrected chi connectivity index (χ0v) is 58.3. The van der Waals surface area contributed by atoms with Crippen LogP contribution in [0.15, 0.2) is 36.5 Å². The van der Waals surface area contributed by atoms with Crippen molar-refractivity contribution in [3.63, 3.8) is 0 Å². The molecule has 0 aliphatic heterocycles. The van der Waals surface area contributed by atoms with Gasteiger partial charge in [0.25, 0.3) is 0 Å². The lowest BCUT2D eigenvalue weighted by atomic mass is 10.0. The number of esters is 1. The molecular weight excluding hydrogens is 1050 g/mol. The van der Waals surface area contributed by atoms with Crippen LogP contribution in [0.3, 0.4) is 0 Å². The van der Waals surface area contributed by atoms with E-state index in [1.54, 1.807) is 0 Å². The van der Waals surface area contributed by atoms with Gasteiger partial charge in [0.05, 0.1) is 25.4 Å². The third-order valence-corrected chi connectivity index (χ3v) is 18.4. The molecule has 2 unspecified atom stereocenters. The van der Waals surface area contributed by atoms with E-state index < -0.39 is 12.1 Å². The van der Waals surface area contributed by atoms with Gasteiger partial charge in [-0.3, -0.25) is 9.59 Å². The number of allylic oxidation sites excluding steroid dienone is 6. The van der Waals surface area contributed by atoms with Crippen molar-refractivity contribution in [1.29, 1.82) is 0 Å². The van der Waals surface area contributed by atoms with Crippen molar-refractivity contribution in [3.05, 3.63) is 36.5 Å². The number of ether oxygens (including phenoxy) is 1. The normalized spacial score (nSPS) is 12.7. The van der Waals surface area contributed by atoms with Crippen LogP contribution in [0.25, 0.3) is 0 Å². The van der Waals surface area contributed by atoms with Crippen LogP contribution in [0.2, 0.25) is 0 Å². The van der Waals surface area contributed by atoms with Gasteiger partial charge in [-0.1, -0.05) is 378 Å². The monoisotopic (exact) mass is 1210 g/mol. The van der Waals surface area contributed by atoms with E-state index in [1.165, 1.54) is 353 Å². The van der Waals surface area contributed by atoms with E-state index in [2.05, 4.69) is 55.6 Å². The van der Waals surface area contributed by atoms with Gasteiger partial charge >= 0.3 is 5.97 Å². The molecule has 1 amide bonds. The predicted molar refractivity (Wildman–Crippen MR) is 379 cm³/mol. The molecule has 508 valence electrons. The fourth-order valence-electron chi connectivity index (χ4n) is 12.4. The average Bonchev–Trinajstić information content (AvgIpc) is 3.55. The Labute approximate surface area is 538 Å². The van der Waals surface area contributed by atoms with E-state index in [1.807, 2.05) is 0 Å². The Kier molecular flexibility index (Phi) is 73.9. The molecular formula is C80H153NO5. The molecule has 86 heavy (non-hydrogen) atoms. The number of carbonyl (C=O) groups is 2. The first-order valence-corrected chi connectivity index (χ1v) is 39.2. The molecule has 0 aliphatic rings. The maximum Gasteiger partial charge on any atom is 0.305 e. The first kappa shape index (κ1) is 84.1. The van der Waals surface area contributed by atoms with Crippen LogP contribution >= 0.6 is 0 Å². The number of nitrogens with one attached hydrogen (secondary N) is 1. The van der Waals surface area contributed by atoms with Gasteiger partial charge in [0.1, 0.15) is 0 Å². The largest absolute Gasteiger partial charge is 0.466 e. The van der Waals surface area contributed by atoms with Crippen molar-refractivity contribution in [1.82, 2.24) is 5.32 Å². The van der Waals surface area contributed by atoms with Crippen molar-refractivity contribution >= 4 is 11.9 Å². The molecule has 6 heteroatoms. The van der Waals surface area contributed by atoms with E-state index in [0.717, 1.165) is 51.4 Å². The summed E-state index contributed by atoms with van der Waals surface area (Å²) >= 11 is 0. The summed E-state index contributed by atoms with van der Waals surface area (Å²) in [4.78, 5) is 24.6. The zero-order chi connectivity index (χ0) is 62.0. The standard InChI is InChI=1S/C80H153NO5/c1-3-5-7-9-11-13-15-17-19-20-38-41-45-48-52-56-60-64-68-72-78(83)77(76-82)81-79(84)73-69-65-61-57-53-49-46-42-39-36-34-32-30-28-26-24-22-21-23-25-27-29-31-33-35-37-40-43-47-51-55-59-63-67-71-75-86-80(85)74-70-66-62-58-54-50-44-18-16-14-12-10-8-6-4-2/h12,14,18,23,25,44,77-78,82-83H,3-11,13,15-17,19-22,24,26-43,45-76H2,1-2H3,(H,81,84)/b14-12-,25-23-,44-18-. The van der Waals surface area contributed by atoms with E-state index in [4.69, 9.17) is 4.74 Å². The van der Waals surface area contributed by atoms with Crippen LogP contribution < -0.4 is 5.32 Å². The highest BCUT2D eigenvalue weighted by Crippen LogP contribution is 2.20. The van der Waals surface area contributed by atoms with Crippen LogP contribution in [0.4, 0.5) is 0 Å². The van der Waals surface area contributed by atoms with Gasteiger partial charge < -0.3 is 20.3 Å². The predicted octanol–water partition coefficient (Wildman–Crippen LogP) is 25.8. The minimum Gasteiger partial charge on any atom is -0.466 e. The molecule has 2 atom stereocenters. The van der Waals surface area contributed by atoms with Gasteiger partial charge in [0.2, 0.25) is 5.91 Å². The summed E-state index contributed by atoms with van der Waals surface area (Å²) in [5, 5.41) is 23.4. The van der Waals surface area contributed by atoms with E-state index >= 15 is 0 Å². The summed E-state index contributed by atoms with van der Waals surface area (Å²) in [5.41, 5.74) is 0. The minimum absolute atomic E-state index is 0.00674. The van der Waals surface area contributed by atoms with Gasteiger partial charge in [-0.2, -0.15) is 0 Å². The first-order chi connectivity index (χ1) is 42.5. The topological polar surface area (TPSA) is 95.9 Å². The molecule has 0 saturated carbocycles. The molecule has 0 aromatic carbocycles. The number of aliphatic hydroxyl groups is 2. The Hall–Kier alpha value is -1.92. The van der Waals surface area contributed by atoms with Crippen molar-refractivity contribution in [2.24, 2.45) is 0 Å². The molecule has 0 heterocycles. The maximum absolute atomic E-state index is 12.6. The maximum atomic E-state index is 12.6. The van der Waals surface area contributed by atoms with Gasteiger partial charge in [0.15, 0.2) is 0 Å². The summed E-state index contributed by atoms with van der Waals surface area (Å²) in [5.74, 6) is -0.0202. The molecule has 0 fully saturated rings. The molecule has 6 nitrogen and oxygen atoms in total. The second-order valence-corrected chi connectivity index (χ2v) is 27.0. The van der Waals surface area contributed by atoms with Crippen molar-refractivity contribution in [2.75, 3.05) is 13.2 Å². The van der Waals surface area contributed by atoms with E-state index in [9.17, 15) is 19.8 Å². The summed E-state index contributed by atoms with van der Waals surface area (Å²) < 4.78 is 5.49. The summed E-state index contributed by atoms with van der Waals surface area (Å²) in [7, 11) is 0. The number of rotatable bonds is 74. The Morgan fingerprint density at radius 3 is 0.919 bits per heavy atom. The Morgan fingerprint density at radius 2 is 0.581 bits per heavy atom. The highest BCUT2D eigenvalue weighted by molar-refractivity contribution is 5.76. The van der Waals surface area contributed by atoms with Crippen LogP contribution in [-0.2, 0) is 14.3 Å². The zero-order valence-electron chi connectivity index (χ0n) is 58.3. The fourth-order valence-corrected chi connectivity index (χ4v) is 12.4. The number of amides is 1. The fraction of sp³-hybridized carbons (Fsp3) is 0.900. The molecule has 3 N–H and O–H groups in total. The van der Waals surface area contributed by atoms with Crippen LogP contribution in [-0.4, -0.2) is 47.4 Å². The molecule has 0 aliphatic carbocycles. The van der Waals surface area contributed by atoms with E-state index in [-0.39, 0.29) is 18.5 Å². The molecule has 0 aromatic rings. The lowest BCUT2D eigenvalue weighted by Crippen LogP contribution is -2.45. The molecule has 0 saturated heterocycles. The van der Waals surface area contributed by atoms with Crippen molar-refractivity contribution < 1.29 is 24.5 Å².